The summed E-state index contributed by atoms with van der Waals surface area (Å²) in [7, 11) is 0. The van der Waals surface area contributed by atoms with Gasteiger partial charge in [0.05, 0.1) is 0 Å². The Bertz CT molecular complexity index is 243. The minimum Gasteiger partial charge on any atom is -0.285 e. The molecule has 1 aromatic rings. The van der Waals surface area contributed by atoms with Crippen molar-refractivity contribution in [2.24, 2.45) is 0 Å². The van der Waals surface area contributed by atoms with Crippen molar-refractivity contribution in [3.63, 3.8) is 0 Å². The first-order chi connectivity index (χ1) is 4.84. The summed E-state index contributed by atoms with van der Waals surface area (Å²) in [5.41, 5.74) is 0.782. The summed E-state index contributed by atoms with van der Waals surface area (Å²) in [6.45, 7) is 1.91. The monoisotopic (exact) mass is 136 g/mol. The molecule has 52 valence electrons. The second-order valence-electron chi connectivity index (χ2n) is 1.97. The van der Waals surface area contributed by atoms with Crippen LogP contribution in [0.3, 0.4) is 0 Å². The highest BCUT2D eigenvalue weighted by Gasteiger charge is 2.00. The molecule has 0 unspecified atom stereocenters. The van der Waals surface area contributed by atoms with Crippen LogP contribution in [0.5, 0.6) is 0 Å². The van der Waals surface area contributed by atoms with Crippen LogP contribution in [0.2, 0.25) is 0 Å². The van der Waals surface area contributed by atoms with E-state index in [1.54, 1.807) is 12.3 Å². The van der Waals surface area contributed by atoms with E-state index >= 15 is 0 Å². The second kappa shape index (κ2) is 3.01. The normalized spacial score (nSPS) is 10.5. The van der Waals surface area contributed by atoms with Crippen molar-refractivity contribution in [3.05, 3.63) is 36.2 Å². The number of aromatic nitrogens is 1. The molecule has 1 aromatic heterocycles. The van der Waals surface area contributed by atoms with Crippen molar-refractivity contribution in [3.8, 4) is 0 Å². The molecule has 0 radical (unpaired) electrons. The average molecular weight is 136 g/mol. The van der Waals surface area contributed by atoms with E-state index in [4.69, 9.17) is 5.21 Å². The van der Waals surface area contributed by atoms with Gasteiger partial charge in [0, 0.05) is 22.9 Å². The van der Waals surface area contributed by atoms with Crippen LogP contribution in [0.25, 0.3) is 6.08 Å². The molecule has 0 amide bonds. The lowest BCUT2D eigenvalue weighted by Gasteiger charge is -1.85. The van der Waals surface area contributed by atoms with E-state index in [1.807, 2.05) is 31.2 Å². The first-order valence-corrected chi connectivity index (χ1v) is 3.17. The number of hydrogen-bond donors (Lipinski definition) is 1. The third-order valence-electron chi connectivity index (χ3n) is 1.21. The van der Waals surface area contributed by atoms with Crippen LogP contribution >= 0.6 is 0 Å². The molecule has 2 heteroatoms. The molecule has 0 aliphatic heterocycles. The zero-order chi connectivity index (χ0) is 7.40. The summed E-state index contributed by atoms with van der Waals surface area (Å²) in [4.78, 5) is 0. The summed E-state index contributed by atoms with van der Waals surface area (Å²) < 4.78 is 1.08. The molecule has 1 rings (SSSR count). The lowest BCUT2D eigenvalue weighted by molar-refractivity contribution is -0.905. The Kier molecular flexibility index (Phi) is 2.05. The summed E-state index contributed by atoms with van der Waals surface area (Å²) in [5.74, 6) is 0. The Morgan fingerprint density at radius 2 is 2.30 bits per heavy atom. The van der Waals surface area contributed by atoms with Crippen LogP contribution in [0, 0.1) is 0 Å². The molecule has 0 bridgehead atoms. The molecule has 2 nitrogen and oxygen atoms in total. The van der Waals surface area contributed by atoms with Gasteiger partial charge in [-0.05, 0) is 13.0 Å². The maximum Gasteiger partial charge on any atom is 0.256 e. The van der Waals surface area contributed by atoms with E-state index in [0.717, 1.165) is 10.4 Å². The van der Waals surface area contributed by atoms with Crippen molar-refractivity contribution in [2.45, 2.75) is 6.92 Å². The summed E-state index contributed by atoms with van der Waals surface area (Å²) in [6, 6.07) is 5.48. The Morgan fingerprint density at radius 1 is 1.50 bits per heavy atom. The minimum atomic E-state index is 0.782. The van der Waals surface area contributed by atoms with E-state index in [0.29, 0.717) is 0 Å². The van der Waals surface area contributed by atoms with Crippen LogP contribution in [-0.4, -0.2) is 5.21 Å². The molecule has 0 atom stereocenters. The minimum absolute atomic E-state index is 0.782. The smallest absolute Gasteiger partial charge is 0.256 e. The Morgan fingerprint density at radius 3 is 2.90 bits per heavy atom. The van der Waals surface area contributed by atoms with Crippen LogP contribution in [0.4, 0.5) is 0 Å². The first-order valence-electron chi connectivity index (χ1n) is 3.17. The number of allylic oxidation sites excluding steroid dienone is 1. The first kappa shape index (κ1) is 6.81. The average Bonchev–Trinajstić information content (AvgIpc) is 1.94. The number of nitrogens with zero attached hydrogens (tertiary/aromatic N) is 1. The van der Waals surface area contributed by atoms with Crippen molar-refractivity contribution in [1.29, 1.82) is 0 Å². The van der Waals surface area contributed by atoms with Gasteiger partial charge in [-0.3, -0.25) is 5.21 Å². The van der Waals surface area contributed by atoms with Gasteiger partial charge in [-0.25, -0.2) is 0 Å². The maximum absolute atomic E-state index is 9.11. The van der Waals surface area contributed by atoms with Gasteiger partial charge in [0.1, 0.15) is 0 Å². The van der Waals surface area contributed by atoms with Gasteiger partial charge in [-0.1, -0.05) is 6.08 Å². The molecule has 0 fully saturated rings. The number of hydrogen-bond acceptors (Lipinski definition) is 1. The van der Waals surface area contributed by atoms with Crippen molar-refractivity contribution in [2.75, 3.05) is 0 Å². The largest absolute Gasteiger partial charge is 0.285 e. The third-order valence-corrected chi connectivity index (χ3v) is 1.21. The fourth-order valence-corrected chi connectivity index (χ4v) is 0.750. The lowest BCUT2D eigenvalue weighted by Crippen LogP contribution is -2.32. The molecule has 10 heavy (non-hydrogen) atoms. The lowest BCUT2D eigenvalue weighted by atomic mass is 10.3. The summed E-state index contributed by atoms with van der Waals surface area (Å²) in [6.07, 6.45) is 5.30. The van der Waals surface area contributed by atoms with Crippen molar-refractivity contribution >= 4 is 6.08 Å². The Hall–Kier alpha value is -1.31. The van der Waals surface area contributed by atoms with E-state index in [1.165, 1.54) is 0 Å². The van der Waals surface area contributed by atoms with Gasteiger partial charge in [-0.2, -0.15) is 0 Å². The van der Waals surface area contributed by atoms with Crippen LogP contribution in [0.1, 0.15) is 12.6 Å². The predicted molar refractivity (Wildman–Crippen MR) is 38.5 cm³/mol. The number of rotatable bonds is 1. The van der Waals surface area contributed by atoms with Gasteiger partial charge in [0.25, 0.3) is 5.69 Å². The summed E-state index contributed by atoms with van der Waals surface area (Å²) >= 11 is 0. The highest BCUT2D eigenvalue weighted by Crippen LogP contribution is 1.91. The molecule has 1 N–H and O–H groups in total. The van der Waals surface area contributed by atoms with Gasteiger partial charge in [-0.15, -0.1) is 0 Å². The molecule has 0 aliphatic rings. The quantitative estimate of drug-likeness (QED) is 0.456. The summed E-state index contributed by atoms with van der Waals surface area (Å²) in [5, 5.41) is 9.11. The predicted octanol–water partition coefficient (Wildman–Crippen LogP) is 1.24. The van der Waals surface area contributed by atoms with Crippen molar-refractivity contribution < 1.29 is 9.94 Å². The van der Waals surface area contributed by atoms with E-state index in [9.17, 15) is 0 Å². The molecular formula is C8H10NO+. The molecular weight excluding hydrogens is 126 g/mol. The van der Waals surface area contributed by atoms with Crippen molar-refractivity contribution in [1.82, 2.24) is 0 Å². The topological polar surface area (TPSA) is 24.1 Å². The third kappa shape index (κ3) is 1.35. The van der Waals surface area contributed by atoms with E-state index in [2.05, 4.69) is 0 Å². The fourth-order valence-electron chi connectivity index (χ4n) is 0.750. The van der Waals surface area contributed by atoms with Crippen LogP contribution in [0.15, 0.2) is 30.5 Å². The maximum atomic E-state index is 9.11. The van der Waals surface area contributed by atoms with Gasteiger partial charge < -0.3 is 0 Å². The van der Waals surface area contributed by atoms with Crippen LogP contribution < -0.4 is 4.73 Å². The highest BCUT2D eigenvalue weighted by molar-refractivity contribution is 5.39. The molecule has 0 aromatic carbocycles. The van der Waals surface area contributed by atoms with Gasteiger partial charge in [0.2, 0.25) is 6.20 Å². The van der Waals surface area contributed by atoms with Gasteiger partial charge in [0.15, 0.2) is 0 Å². The van der Waals surface area contributed by atoms with Gasteiger partial charge >= 0.3 is 0 Å². The Balaban J connectivity index is 3.03. The fraction of sp³-hybridized carbons (Fsp3) is 0.125. The molecule has 0 spiro atoms. The molecule has 0 saturated heterocycles. The zero-order valence-electron chi connectivity index (χ0n) is 5.86. The van der Waals surface area contributed by atoms with E-state index in [-0.39, 0.29) is 0 Å². The SMILES string of the molecule is CC=Cc1cccc[n+]1O. The highest BCUT2D eigenvalue weighted by atomic mass is 16.5. The molecule has 1 heterocycles. The second-order valence-corrected chi connectivity index (χ2v) is 1.97. The van der Waals surface area contributed by atoms with Crippen LogP contribution in [-0.2, 0) is 0 Å². The van der Waals surface area contributed by atoms with E-state index < -0.39 is 0 Å². The molecule has 0 saturated carbocycles. The molecule has 0 aliphatic carbocycles. The number of pyridine rings is 1. The standard InChI is InChI=1S/C8H10NO/c1-2-5-8-6-3-4-7-9(8)10/h2-7,10H,1H3/q+1. The zero-order valence-corrected chi connectivity index (χ0v) is 5.86. The Labute approximate surface area is 60.0 Å².